The van der Waals surface area contributed by atoms with E-state index in [1.165, 1.54) is 23.1 Å². The fraction of sp³-hybridized carbons (Fsp3) is 0.143. The fourth-order valence-electron chi connectivity index (χ4n) is 2.49. The number of thioether (sulfide) groups is 1. The van der Waals surface area contributed by atoms with Gasteiger partial charge in [-0.15, -0.1) is 23.1 Å². The number of thiophene rings is 1. The normalized spacial score (nSPS) is 10.4. The summed E-state index contributed by atoms with van der Waals surface area (Å²) in [5.41, 5.74) is 3.79. The predicted molar refractivity (Wildman–Crippen MR) is 114 cm³/mol. The Kier molecular flexibility index (Phi) is 6.32. The van der Waals surface area contributed by atoms with E-state index in [-0.39, 0.29) is 11.8 Å². The van der Waals surface area contributed by atoms with Crippen molar-refractivity contribution in [1.29, 1.82) is 0 Å². The van der Waals surface area contributed by atoms with E-state index in [0.717, 1.165) is 21.7 Å². The first-order valence-electron chi connectivity index (χ1n) is 8.47. The first-order valence-corrected chi connectivity index (χ1v) is 10.3. The average molecular weight is 397 g/mol. The number of amides is 2. The smallest absolute Gasteiger partial charge is 0.265 e. The van der Waals surface area contributed by atoms with Crippen molar-refractivity contribution in [2.24, 2.45) is 0 Å². The van der Waals surface area contributed by atoms with Crippen LogP contribution in [-0.4, -0.2) is 17.6 Å². The van der Waals surface area contributed by atoms with E-state index in [4.69, 9.17) is 0 Å². The van der Waals surface area contributed by atoms with Gasteiger partial charge in [0.25, 0.3) is 5.91 Å². The van der Waals surface area contributed by atoms with Crippen LogP contribution >= 0.6 is 23.1 Å². The van der Waals surface area contributed by atoms with Gasteiger partial charge in [0.15, 0.2) is 0 Å². The highest BCUT2D eigenvalue weighted by Crippen LogP contribution is 2.23. The average Bonchev–Trinajstić information content (AvgIpc) is 3.19. The third kappa shape index (κ3) is 5.21. The summed E-state index contributed by atoms with van der Waals surface area (Å²) in [5, 5.41) is 7.71. The minimum absolute atomic E-state index is 0.0540. The lowest BCUT2D eigenvalue weighted by molar-refractivity contribution is -0.113. The van der Waals surface area contributed by atoms with Crippen LogP contribution in [0.15, 0.2) is 64.9 Å². The number of rotatable bonds is 6. The minimum Gasteiger partial charge on any atom is -0.325 e. The van der Waals surface area contributed by atoms with Gasteiger partial charge >= 0.3 is 0 Å². The number of aryl methyl sites for hydroxylation is 1. The molecule has 2 aromatic carbocycles. The molecule has 0 aliphatic heterocycles. The van der Waals surface area contributed by atoms with Crippen molar-refractivity contribution in [3.63, 3.8) is 0 Å². The third-order valence-corrected chi connectivity index (χ3v) is 5.95. The minimum atomic E-state index is -0.125. The SMILES string of the molecule is Cc1cccc(NC(=O)CSc2cccc(NC(=O)c3cccs3)c2)c1C. The Morgan fingerprint density at radius 3 is 2.59 bits per heavy atom. The molecule has 138 valence electrons. The van der Waals surface area contributed by atoms with Gasteiger partial charge < -0.3 is 10.6 Å². The number of carbonyl (C=O) groups excluding carboxylic acids is 2. The molecule has 2 amide bonds. The second-order valence-electron chi connectivity index (χ2n) is 6.04. The van der Waals surface area contributed by atoms with Crippen molar-refractivity contribution >= 4 is 46.3 Å². The Labute approximate surface area is 167 Å². The van der Waals surface area contributed by atoms with Crippen LogP contribution in [0, 0.1) is 13.8 Å². The number of hydrogen-bond acceptors (Lipinski definition) is 4. The summed E-state index contributed by atoms with van der Waals surface area (Å²) < 4.78 is 0. The Morgan fingerprint density at radius 1 is 1.00 bits per heavy atom. The van der Waals surface area contributed by atoms with Crippen molar-refractivity contribution in [3.05, 3.63) is 76.0 Å². The largest absolute Gasteiger partial charge is 0.325 e. The lowest BCUT2D eigenvalue weighted by Crippen LogP contribution is -2.15. The Bertz CT molecular complexity index is 953. The molecule has 2 N–H and O–H groups in total. The van der Waals surface area contributed by atoms with Gasteiger partial charge in [-0.2, -0.15) is 0 Å². The fourth-order valence-corrected chi connectivity index (χ4v) is 3.86. The zero-order chi connectivity index (χ0) is 19.2. The summed E-state index contributed by atoms with van der Waals surface area (Å²) in [5.74, 6) is 0.122. The Balaban J connectivity index is 1.57. The third-order valence-electron chi connectivity index (χ3n) is 4.09. The van der Waals surface area contributed by atoms with E-state index in [1.807, 2.05) is 67.8 Å². The molecular formula is C21H20N2O2S2. The molecule has 0 bridgehead atoms. The lowest BCUT2D eigenvalue weighted by Gasteiger charge is -2.10. The summed E-state index contributed by atoms with van der Waals surface area (Å²) >= 11 is 2.84. The van der Waals surface area contributed by atoms with Crippen LogP contribution in [0.1, 0.15) is 20.8 Å². The maximum atomic E-state index is 12.3. The van der Waals surface area contributed by atoms with Crippen molar-refractivity contribution in [3.8, 4) is 0 Å². The zero-order valence-electron chi connectivity index (χ0n) is 15.1. The van der Waals surface area contributed by atoms with Gasteiger partial charge in [0.2, 0.25) is 5.91 Å². The van der Waals surface area contributed by atoms with E-state index < -0.39 is 0 Å². The van der Waals surface area contributed by atoms with E-state index in [2.05, 4.69) is 10.6 Å². The molecule has 0 atom stereocenters. The van der Waals surface area contributed by atoms with Crippen LogP contribution in [0.3, 0.4) is 0 Å². The molecule has 27 heavy (non-hydrogen) atoms. The predicted octanol–water partition coefficient (Wildman–Crippen LogP) is 5.35. The molecule has 1 aromatic heterocycles. The summed E-state index contributed by atoms with van der Waals surface area (Å²) in [7, 11) is 0. The second-order valence-corrected chi connectivity index (χ2v) is 8.04. The lowest BCUT2D eigenvalue weighted by atomic mass is 10.1. The maximum Gasteiger partial charge on any atom is 0.265 e. The first-order chi connectivity index (χ1) is 13.0. The van der Waals surface area contributed by atoms with E-state index >= 15 is 0 Å². The molecule has 0 unspecified atom stereocenters. The van der Waals surface area contributed by atoms with Crippen molar-refractivity contribution in [2.75, 3.05) is 16.4 Å². The molecule has 0 fully saturated rings. The van der Waals surface area contributed by atoms with Crippen LogP contribution in [-0.2, 0) is 4.79 Å². The molecule has 0 aliphatic rings. The monoisotopic (exact) mass is 396 g/mol. The molecule has 6 heteroatoms. The van der Waals surface area contributed by atoms with Crippen LogP contribution in [0.25, 0.3) is 0 Å². The molecule has 3 rings (SSSR count). The van der Waals surface area contributed by atoms with Gasteiger partial charge in [0.1, 0.15) is 0 Å². The topological polar surface area (TPSA) is 58.2 Å². The molecule has 0 aliphatic carbocycles. The van der Waals surface area contributed by atoms with Crippen LogP contribution in [0.5, 0.6) is 0 Å². The number of benzene rings is 2. The highest BCUT2D eigenvalue weighted by Gasteiger charge is 2.09. The van der Waals surface area contributed by atoms with Gasteiger partial charge in [0.05, 0.1) is 10.6 Å². The second kappa shape index (κ2) is 8.88. The van der Waals surface area contributed by atoms with Gasteiger partial charge in [-0.3, -0.25) is 9.59 Å². The van der Waals surface area contributed by atoms with Crippen molar-refractivity contribution in [1.82, 2.24) is 0 Å². The molecule has 1 heterocycles. The van der Waals surface area contributed by atoms with Crippen molar-refractivity contribution < 1.29 is 9.59 Å². The van der Waals surface area contributed by atoms with Gasteiger partial charge in [-0.25, -0.2) is 0 Å². The first kappa shape index (κ1) is 19.2. The van der Waals surface area contributed by atoms with Gasteiger partial charge in [0, 0.05) is 16.3 Å². The molecule has 0 saturated heterocycles. The summed E-state index contributed by atoms with van der Waals surface area (Å²) in [6, 6.07) is 17.0. The molecule has 0 spiro atoms. The van der Waals surface area contributed by atoms with Crippen LogP contribution < -0.4 is 10.6 Å². The number of hydrogen-bond donors (Lipinski definition) is 2. The highest BCUT2D eigenvalue weighted by molar-refractivity contribution is 8.00. The summed E-state index contributed by atoms with van der Waals surface area (Å²) in [4.78, 5) is 26.0. The zero-order valence-corrected chi connectivity index (χ0v) is 16.7. The Morgan fingerprint density at radius 2 is 1.81 bits per heavy atom. The highest BCUT2D eigenvalue weighted by atomic mass is 32.2. The quantitative estimate of drug-likeness (QED) is 0.552. The number of anilines is 2. The van der Waals surface area contributed by atoms with Crippen molar-refractivity contribution in [2.45, 2.75) is 18.7 Å². The standard InChI is InChI=1S/C21H20N2O2S2/c1-14-6-3-9-18(15(14)2)23-20(24)13-27-17-8-4-7-16(12-17)22-21(25)19-10-5-11-26-19/h3-12H,13H2,1-2H3,(H,22,25)(H,23,24). The molecule has 0 radical (unpaired) electrons. The number of carbonyl (C=O) groups is 2. The van der Waals surface area contributed by atoms with E-state index in [0.29, 0.717) is 16.3 Å². The molecular weight excluding hydrogens is 376 g/mol. The van der Waals surface area contributed by atoms with Crippen LogP contribution in [0.4, 0.5) is 11.4 Å². The number of nitrogens with one attached hydrogen (secondary N) is 2. The molecule has 4 nitrogen and oxygen atoms in total. The van der Waals surface area contributed by atoms with Gasteiger partial charge in [-0.05, 0) is 60.7 Å². The Hall–Kier alpha value is -2.57. The summed E-state index contributed by atoms with van der Waals surface area (Å²) in [6.45, 7) is 4.02. The molecule has 3 aromatic rings. The van der Waals surface area contributed by atoms with Gasteiger partial charge in [-0.1, -0.05) is 24.3 Å². The summed E-state index contributed by atoms with van der Waals surface area (Å²) in [6.07, 6.45) is 0. The van der Waals surface area contributed by atoms with Crippen LogP contribution in [0.2, 0.25) is 0 Å². The maximum absolute atomic E-state index is 12.3. The van der Waals surface area contributed by atoms with E-state index in [9.17, 15) is 9.59 Å². The van der Waals surface area contributed by atoms with E-state index in [1.54, 1.807) is 6.07 Å². The molecule has 0 saturated carbocycles.